The fraction of sp³-hybridized carbons (Fsp3) is 0. The van der Waals surface area contributed by atoms with Crippen LogP contribution in [0.4, 0.5) is 22.0 Å². The maximum absolute atomic E-state index is 14.8. The summed E-state index contributed by atoms with van der Waals surface area (Å²) < 4.78 is 71.3. The van der Waals surface area contributed by atoms with Gasteiger partial charge in [0.25, 0.3) is 0 Å². The molecule has 0 saturated heterocycles. The average molecular weight is 440 g/mol. The monoisotopic (exact) mass is 440 g/mol. The summed E-state index contributed by atoms with van der Waals surface area (Å²) in [6.07, 6.45) is 6.40. The molecule has 4 heterocycles. The van der Waals surface area contributed by atoms with Crippen LogP contribution in [0.15, 0.2) is 71.6 Å². The van der Waals surface area contributed by atoms with Crippen molar-refractivity contribution >= 4 is 11.3 Å². The molecule has 0 aliphatic carbocycles. The number of nitrogens with zero attached hydrogens (tertiary/aromatic N) is 1. The molecule has 160 valence electrons. The van der Waals surface area contributed by atoms with Crippen molar-refractivity contribution in [2.24, 2.45) is 4.99 Å². The maximum Gasteiger partial charge on any atom is 0.200 e. The maximum atomic E-state index is 14.8. The lowest BCUT2D eigenvalue weighted by molar-refractivity contribution is 0.376. The van der Waals surface area contributed by atoms with Gasteiger partial charge in [-0.3, -0.25) is 0 Å². The van der Waals surface area contributed by atoms with Crippen LogP contribution in [0.3, 0.4) is 0 Å². The summed E-state index contributed by atoms with van der Waals surface area (Å²) in [6.45, 7) is 0. The highest BCUT2D eigenvalue weighted by Crippen LogP contribution is 2.37. The molecule has 9 heteroatoms. The summed E-state index contributed by atoms with van der Waals surface area (Å²) in [6, 6.07) is 10.1. The average Bonchev–Trinajstić information content (AvgIpc) is 3.59. The van der Waals surface area contributed by atoms with Crippen LogP contribution in [0.1, 0.15) is 17.0 Å². The number of halogens is 5. The lowest BCUT2D eigenvalue weighted by Crippen LogP contribution is -2.08. The Labute approximate surface area is 177 Å². The Morgan fingerprint density at radius 2 is 1.28 bits per heavy atom. The highest BCUT2D eigenvalue weighted by molar-refractivity contribution is 6.11. The van der Waals surface area contributed by atoms with Crippen molar-refractivity contribution < 1.29 is 22.0 Å². The molecule has 0 unspecified atom stereocenters. The molecule has 0 atom stereocenters. The van der Waals surface area contributed by atoms with Gasteiger partial charge in [0.15, 0.2) is 23.3 Å². The molecule has 32 heavy (non-hydrogen) atoms. The van der Waals surface area contributed by atoms with Gasteiger partial charge in [0.05, 0.1) is 34.1 Å². The second kappa shape index (κ2) is 7.52. The van der Waals surface area contributed by atoms with Gasteiger partial charge in [-0.1, -0.05) is 0 Å². The Morgan fingerprint density at radius 3 is 1.91 bits per heavy atom. The summed E-state index contributed by atoms with van der Waals surface area (Å²) >= 11 is 0. The van der Waals surface area contributed by atoms with Gasteiger partial charge in [-0.05, 0) is 48.6 Å². The second-order valence-electron chi connectivity index (χ2n) is 6.99. The largest absolute Gasteiger partial charge is 0.360 e. The number of hydrogen-bond donors (Lipinski definition) is 3. The van der Waals surface area contributed by atoms with Gasteiger partial charge in [-0.15, -0.1) is 0 Å². The topological polar surface area (TPSA) is 59.7 Å². The summed E-state index contributed by atoms with van der Waals surface area (Å²) in [4.78, 5) is 13.3. The molecule has 4 nitrogen and oxygen atoms in total. The molecule has 4 aromatic rings. The molecule has 3 aromatic heterocycles. The van der Waals surface area contributed by atoms with Crippen LogP contribution in [-0.2, 0) is 0 Å². The van der Waals surface area contributed by atoms with Crippen molar-refractivity contribution in [2.75, 3.05) is 0 Å². The van der Waals surface area contributed by atoms with Crippen LogP contribution in [0.5, 0.6) is 0 Å². The summed E-state index contributed by atoms with van der Waals surface area (Å²) in [5, 5.41) is 0. The molecule has 5 rings (SSSR count). The van der Waals surface area contributed by atoms with E-state index in [2.05, 4.69) is 19.9 Å². The SMILES string of the molecule is Fc1c(F)c(F)c(/C(=C2\C=CC(c3ccc[nH]3)=N2)c2ccc(-c3ccc[nH]3)[nH]2)c(F)c1F. The van der Waals surface area contributed by atoms with Gasteiger partial charge in [0, 0.05) is 23.7 Å². The van der Waals surface area contributed by atoms with E-state index in [4.69, 9.17) is 0 Å². The van der Waals surface area contributed by atoms with Gasteiger partial charge >= 0.3 is 0 Å². The minimum Gasteiger partial charge on any atom is -0.360 e. The van der Waals surface area contributed by atoms with Crippen LogP contribution in [-0.4, -0.2) is 20.7 Å². The Morgan fingerprint density at radius 1 is 0.656 bits per heavy atom. The molecule has 0 saturated carbocycles. The van der Waals surface area contributed by atoms with Crippen LogP contribution in [0.2, 0.25) is 0 Å². The number of benzene rings is 1. The third-order valence-corrected chi connectivity index (χ3v) is 5.07. The van der Waals surface area contributed by atoms with E-state index in [-0.39, 0.29) is 17.0 Å². The minimum absolute atomic E-state index is 0.0395. The second-order valence-corrected chi connectivity index (χ2v) is 6.99. The van der Waals surface area contributed by atoms with E-state index in [1.54, 1.807) is 48.8 Å². The van der Waals surface area contributed by atoms with E-state index in [1.165, 1.54) is 12.1 Å². The summed E-state index contributed by atoms with van der Waals surface area (Å²) in [7, 11) is 0. The van der Waals surface area contributed by atoms with E-state index < -0.39 is 34.6 Å². The van der Waals surface area contributed by atoms with Gasteiger partial charge < -0.3 is 15.0 Å². The molecule has 1 aliphatic rings. The van der Waals surface area contributed by atoms with Crippen LogP contribution in [0, 0.1) is 29.1 Å². The predicted octanol–water partition coefficient (Wildman–Crippen LogP) is 5.85. The van der Waals surface area contributed by atoms with Crippen LogP contribution >= 0.6 is 0 Å². The van der Waals surface area contributed by atoms with Crippen molar-refractivity contribution in [1.82, 2.24) is 15.0 Å². The van der Waals surface area contributed by atoms with Crippen molar-refractivity contribution in [1.29, 1.82) is 0 Å². The highest BCUT2D eigenvalue weighted by atomic mass is 19.2. The Bertz CT molecular complexity index is 1380. The smallest absolute Gasteiger partial charge is 0.200 e. The number of allylic oxidation sites excluding steroid dienone is 2. The molecule has 1 aromatic carbocycles. The molecular weight excluding hydrogens is 427 g/mol. The first kappa shape index (κ1) is 19.8. The molecule has 0 bridgehead atoms. The fourth-order valence-electron chi connectivity index (χ4n) is 3.56. The zero-order valence-corrected chi connectivity index (χ0v) is 16.1. The first-order valence-corrected chi connectivity index (χ1v) is 9.45. The Kier molecular flexibility index (Phi) is 4.66. The van der Waals surface area contributed by atoms with E-state index in [1.807, 2.05) is 0 Å². The minimum atomic E-state index is -2.22. The number of nitrogens with one attached hydrogen (secondary N) is 3. The number of aromatic nitrogens is 3. The lowest BCUT2D eigenvalue weighted by atomic mass is 9.98. The number of hydrogen-bond acceptors (Lipinski definition) is 1. The molecule has 0 amide bonds. The molecular formula is C23H13F5N4. The highest BCUT2D eigenvalue weighted by Gasteiger charge is 2.31. The first-order valence-electron chi connectivity index (χ1n) is 9.45. The fourth-order valence-corrected chi connectivity index (χ4v) is 3.56. The first-order chi connectivity index (χ1) is 15.5. The van der Waals surface area contributed by atoms with Crippen molar-refractivity contribution in [3.63, 3.8) is 0 Å². The van der Waals surface area contributed by atoms with Crippen molar-refractivity contribution in [2.45, 2.75) is 0 Å². The van der Waals surface area contributed by atoms with Crippen molar-refractivity contribution in [3.05, 3.63) is 113 Å². The van der Waals surface area contributed by atoms with Crippen molar-refractivity contribution in [3.8, 4) is 11.4 Å². The molecule has 3 N–H and O–H groups in total. The number of aliphatic imine (C=N–C) groups is 1. The van der Waals surface area contributed by atoms with E-state index in [9.17, 15) is 22.0 Å². The number of H-pyrrole nitrogens is 3. The molecule has 0 fully saturated rings. The van der Waals surface area contributed by atoms with Gasteiger partial charge in [0.2, 0.25) is 5.82 Å². The third-order valence-electron chi connectivity index (χ3n) is 5.07. The quantitative estimate of drug-likeness (QED) is 0.203. The number of aromatic amines is 3. The Balaban J connectivity index is 1.77. The summed E-state index contributed by atoms with van der Waals surface area (Å²) in [5.74, 6) is -10.1. The molecule has 0 spiro atoms. The van der Waals surface area contributed by atoms with Gasteiger partial charge in [-0.2, -0.15) is 0 Å². The Hall–Kier alpha value is -4.14. The molecule has 1 aliphatic heterocycles. The zero-order chi connectivity index (χ0) is 22.4. The van der Waals surface area contributed by atoms with Gasteiger partial charge in [0.1, 0.15) is 0 Å². The van der Waals surface area contributed by atoms with Gasteiger partial charge in [-0.25, -0.2) is 26.9 Å². The van der Waals surface area contributed by atoms with Crippen LogP contribution in [0.25, 0.3) is 17.0 Å². The zero-order valence-electron chi connectivity index (χ0n) is 16.1. The number of rotatable bonds is 4. The van der Waals surface area contributed by atoms with E-state index in [0.29, 0.717) is 22.8 Å². The standard InChI is InChI=1S/C23H13F5N4/c24-19-18(20(25)22(27)23(28)21(19)26)17(15-7-5-13(31-15)11-3-1-9-29-11)16-8-6-14(32-16)12-4-2-10-30-12/h1-10,29-31H/b17-16+. The summed E-state index contributed by atoms with van der Waals surface area (Å²) in [5.41, 5.74) is 1.17. The third kappa shape index (κ3) is 3.09. The normalized spacial score (nSPS) is 14.8. The van der Waals surface area contributed by atoms with E-state index in [0.717, 1.165) is 0 Å². The molecule has 0 radical (unpaired) electrons. The van der Waals surface area contributed by atoms with E-state index >= 15 is 0 Å². The lowest BCUT2D eigenvalue weighted by Gasteiger charge is -2.13. The van der Waals surface area contributed by atoms with Crippen LogP contribution < -0.4 is 0 Å². The predicted molar refractivity (Wildman–Crippen MR) is 109 cm³/mol.